The third kappa shape index (κ3) is 8.42. The maximum atomic E-state index is 13.4. The molecule has 0 fully saturated rings. The first-order chi connectivity index (χ1) is 19.2. The molecule has 11 nitrogen and oxygen atoms in total. The zero-order valence-electron chi connectivity index (χ0n) is 22.5. The van der Waals surface area contributed by atoms with Gasteiger partial charge in [0.2, 0.25) is 11.8 Å². The number of nitrogens with two attached hydrogens (primary N) is 2. The van der Waals surface area contributed by atoms with E-state index >= 15 is 0 Å². The van der Waals surface area contributed by atoms with E-state index in [0.29, 0.717) is 43.6 Å². The monoisotopic (exact) mass is 548 g/mol. The summed E-state index contributed by atoms with van der Waals surface area (Å²) in [6.45, 7) is 0.760. The van der Waals surface area contributed by atoms with Gasteiger partial charge in [0, 0.05) is 37.9 Å². The number of aliphatic imine (C=N–C) groups is 1. The van der Waals surface area contributed by atoms with Crippen LogP contribution in [0.25, 0.3) is 0 Å². The number of guanidine groups is 1. The predicted molar refractivity (Wildman–Crippen MR) is 152 cm³/mol. The summed E-state index contributed by atoms with van der Waals surface area (Å²) in [6.07, 6.45) is 2.52. The van der Waals surface area contributed by atoms with E-state index in [4.69, 9.17) is 11.5 Å². The lowest BCUT2D eigenvalue weighted by Gasteiger charge is -2.27. The highest BCUT2D eigenvalue weighted by molar-refractivity contribution is 5.99. The molecule has 3 amide bonds. The van der Waals surface area contributed by atoms with Crippen LogP contribution in [0, 0.1) is 5.92 Å². The van der Waals surface area contributed by atoms with Crippen LogP contribution in [0.1, 0.15) is 36.0 Å². The zero-order chi connectivity index (χ0) is 29.1. The second-order valence-electron chi connectivity index (χ2n) is 9.57. The molecule has 1 aliphatic heterocycles. The molecule has 2 aromatic carbocycles. The lowest BCUT2D eigenvalue weighted by Crippen LogP contribution is -2.48. The summed E-state index contributed by atoms with van der Waals surface area (Å²) >= 11 is 0. The summed E-state index contributed by atoms with van der Waals surface area (Å²) in [5, 5.41) is 12.3. The minimum absolute atomic E-state index is 0.0509. The van der Waals surface area contributed by atoms with Crippen molar-refractivity contribution < 1.29 is 24.3 Å². The fourth-order valence-corrected chi connectivity index (χ4v) is 4.59. The molecule has 1 aliphatic rings. The number of amides is 3. The van der Waals surface area contributed by atoms with Crippen molar-refractivity contribution in [1.29, 1.82) is 0 Å². The molecule has 1 unspecified atom stereocenters. The van der Waals surface area contributed by atoms with Crippen LogP contribution in [0.5, 0.6) is 0 Å². The van der Waals surface area contributed by atoms with Crippen molar-refractivity contribution in [1.82, 2.24) is 10.2 Å². The number of nitrogens with zero attached hydrogens (tertiary/aromatic N) is 3. The maximum Gasteiger partial charge on any atom is 0.304 e. The first kappa shape index (κ1) is 29.9. The Bertz CT molecular complexity index is 1240. The number of nitrogens with one attached hydrogen (secondary N) is 1. The summed E-state index contributed by atoms with van der Waals surface area (Å²) in [6, 6.07) is 16.9. The van der Waals surface area contributed by atoms with Gasteiger partial charge >= 0.3 is 5.97 Å². The zero-order valence-corrected chi connectivity index (χ0v) is 22.5. The number of carboxylic acid groups (broad SMARTS) is 1. The smallest absolute Gasteiger partial charge is 0.304 e. The van der Waals surface area contributed by atoms with E-state index in [-0.39, 0.29) is 36.6 Å². The Labute approximate surface area is 233 Å². The van der Waals surface area contributed by atoms with Gasteiger partial charge in [-0.3, -0.25) is 24.2 Å². The van der Waals surface area contributed by atoms with E-state index in [0.717, 1.165) is 5.57 Å². The second kappa shape index (κ2) is 14.5. The molecule has 1 heterocycles. The molecule has 212 valence electrons. The van der Waals surface area contributed by atoms with E-state index in [1.165, 1.54) is 4.90 Å². The van der Waals surface area contributed by atoms with Gasteiger partial charge in [-0.05, 0) is 43.5 Å². The quantitative estimate of drug-likeness (QED) is 0.135. The molecule has 2 aromatic rings. The minimum Gasteiger partial charge on any atom is -0.481 e. The molecule has 3 rings (SSSR count). The Balaban J connectivity index is 1.75. The van der Waals surface area contributed by atoms with Crippen LogP contribution in [0.4, 0.5) is 5.69 Å². The van der Waals surface area contributed by atoms with Crippen LogP contribution < -0.4 is 21.7 Å². The first-order valence-corrected chi connectivity index (χ1v) is 13.1. The Morgan fingerprint density at radius 3 is 2.38 bits per heavy atom. The van der Waals surface area contributed by atoms with Crippen molar-refractivity contribution in [2.45, 2.75) is 31.7 Å². The first-order valence-electron chi connectivity index (χ1n) is 13.1. The Morgan fingerprint density at radius 1 is 1.10 bits per heavy atom. The van der Waals surface area contributed by atoms with Gasteiger partial charge in [-0.1, -0.05) is 48.0 Å². The van der Waals surface area contributed by atoms with E-state index in [9.17, 15) is 24.3 Å². The number of anilines is 1. The van der Waals surface area contributed by atoms with Crippen molar-refractivity contribution >= 4 is 35.3 Å². The number of carboxylic acids is 1. The van der Waals surface area contributed by atoms with Crippen molar-refractivity contribution in [3.8, 4) is 0 Å². The van der Waals surface area contributed by atoms with Gasteiger partial charge in [0.15, 0.2) is 5.96 Å². The minimum atomic E-state index is -1.09. The van der Waals surface area contributed by atoms with Crippen molar-refractivity contribution in [2.75, 3.05) is 31.6 Å². The van der Waals surface area contributed by atoms with Crippen molar-refractivity contribution in [3.63, 3.8) is 0 Å². The van der Waals surface area contributed by atoms with Crippen molar-refractivity contribution in [2.24, 2.45) is 22.4 Å². The number of hydrogen-bond acceptors (Lipinski definition) is 5. The fraction of sp³-hybridized carbons (Fsp3) is 0.345. The van der Waals surface area contributed by atoms with Crippen LogP contribution in [0.3, 0.4) is 0 Å². The lowest BCUT2D eigenvalue weighted by molar-refractivity contribution is -0.139. The van der Waals surface area contributed by atoms with Crippen LogP contribution in [0.2, 0.25) is 0 Å². The van der Waals surface area contributed by atoms with Gasteiger partial charge < -0.3 is 31.7 Å². The van der Waals surface area contributed by atoms with Crippen LogP contribution in [-0.4, -0.2) is 72.4 Å². The molecule has 0 saturated heterocycles. The Morgan fingerprint density at radius 2 is 1.75 bits per heavy atom. The number of benzene rings is 2. The number of rotatable bonds is 12. The summed E-state index contributed by atoms with van der Waals surface area (Å²) in [4.78, 5) is 58.2. The lowest BCUT2D eigenvalue weighted by atomic mass is 10.0. The molecule has 0 bridgehead atoms. The van der Waals surface area contributed by atoms with Gasteiger partial charge in [0.1, 0.15) is 6.04 Å². The van der Waals surface area contributed by atoms with Crippen LogP contribution in [-0.2, 0) is 14.4 Å². The molecule has 0 aromatic heterocycles. The fourth-order valence-electron chi connectivity index (χ4n) is 4.59. The molecule has 11 heteroatoms. The standard InChI is InChI=1S/C29H36N6O5/c1-34(27(39)21-9-4-2-5-10-21)24(13-8-15-32-29(30)31)26(38)33-19-20-14-16-35(23-11-6-3-7-12-23)28(40)22(17-20)18-25(36)37/h2-7,9-12,17,22,24H,8,13-16,18-19H2,1H3,(H,33,38)(H,36,37)(H4,30,31,32)/t22?,24-/m0/s1. The molecule has 0 saturated carbocycles. The maximum absolute atomic E-state index is 13.4. The third-order valence-corrected chi connectivity index (χ3v) is 6.67. The largest absolute Gasteiger partial charge is 0.481 e. The summed E-state index contributed by atoms with van der Waals surface area (Å²) in [7, 11) is 1.57. The molecule has 0 aliphatic carbocycles. The van der Waals surface area contributed by atoms with Crippen molar-refractivity contribution in [3.05, 3.63) is 77.9 Å². The molecular weight excluding hydrogens is 512 g/mol. The van der Waals surface area contributed by atoms with Crippen LogP contribution in [0.15, 0.2) is 77.3 Å². The van der Waals surface area contributed by atoms with Gasteiger partial charge in [-0.25, -0.2) is 0 Å². The van der Waals surface area contributed by atoms with E-state index < -0.39 is 17.9 Å². The SMILES string of the molecule is CN(C(=O)c1ccccc1)[C@@H](CCCN=C(N)N)C(=O)NCC1=CC(CC(=O)O)C(=O)N(c2ccccc2)CC1. The molecule has 0 radical (unpaired) electrons. The number of likely N-dealkylation sites (N-methyl/N-ethyl adjacent to an activating group) is 1. The average Bonchev–Trinajstić information content (AvgIpc) is 3.09. The van der Waals surface area contributed by atoms with Crippen LogP contribution >= 0.6 is 0 Å². The number of hydrogen-bond donors (Lipinski definition) is 4. The van der Waals surface area contributed by atoms with Gasteiger partial charge in [-0.15, -0.1) is 0 Å². The Kier molecular flexibility index (Phi) is 10.8. The molecule has 0 spiro atoms. The highest BCUT2D eigenvalue weighted by atomic mass is 16.4. The number of carbonyl (C=O) groups is 4. The average molecular weight is 549 g/mol. The molecular formula is C29H36N6O5. The van der Waals surface area contributed by atoms with E-state index in [1.54, 1.807) is 60.5 Å². The topological polar surface area (TPSA) is 171 Å². The normalized spacial score (nSPS) is 15.8. The van der Waals surface area contributed by atoms with Gasteiger partial charge in [-0.2, -0.15) is 0 Å². The highest BCUT2D eigenvalue weighted by Gasteiger charge is 2.31. The third-order valence-electron chi connectivity index (χ3n) is 6.67. The van der Waals surface area contributed by atoms with Gasteiger partial charge in [0.05, 0.1) is 12.3 Å². The number of carbonyl (C=O) groups excluding carboxylic acids is 3. The Hall–Kier alpha value is -4.67. The van der Waals surface area contributed by atoms with Gasteiger partial charge in [0.25, 0.3) is 5.91 Å². The molecule has 6 N–H and O–H groups in total. The molecule has 2 atom stereocenters. The summed E-state index contributed by atoms with van der Waals surface area (Å²) < 4.78 is 0. The number of aliphatic carboxylic acids is 1. The highest BCUT2D eigenvalue weighted by Crippen LogP contribution is 2.25. The molecule has 40 heavy (non-hydrogen) atoms. The number of para-hydroxylation sites is 1. The summed E-state index contributed by atoms with van der Waals surface area (Å²) in [5.74, 6) is -2.99. The van der Waals surface area contributed by atoms with E-state index in [1.807, 2.05) is 18.2 Å². The second-order valence-corrected chi connectivity index (χ2v) is 9.57. The van der Waals surface area contributed by atoms with E-state index in [2.05, 4.69) is 10.3 Å². The predicted octanol–water partition coefficient (Wildman–Crippen LogP) is 1.75. The summed E-state index contributed by atoms with van der Waals surface area (Å²) in [5.41, 5.74) is 12.7.